The lowest BCUT2D eigenvalue weighted by Gasteiger charge is -2.08. The maximum Gasteiger partial charge on any atom is 0.246 e. The van der Waals surface area contributed by atoms with E-state index in [4.69, 9.17) is 11.6 Å². The summed E-state index contributed by atoms with van der Waals surface area (Å²) in [4.78, 5) is 17.3. The number of hydrogen-bond acceptors (Lipinski definition) is 2. The van der Waals surface area contributed by atoms with E-state index in [0.29, 0.717) is 11.2 Å². The third-order valence-corrected chi connectivity index (χ3v) is 3.33. The molecule has 2 aromatic heterocycles. The molecule has 0 fully saturated rings. The quantitative estimate of drug-likeness (QED) is 0.642. The van der Waals surface area contributed by atoms with Gasteiger partial charge >= 0.3 is 0 Å². The van der Waals surface area contributed by atoms with Crippen LogP contribution in [0.2, 0.25) is 5.15 Å². The second-order valence-corrected chi connectivity index (χ2v) is 5.56. The van der Waals surface area contributed by atoms with Crippen molar-refractivity contribution in [3.8, 4) is 0 Å². The van der Waals surface area contributed by atoms with E-state index in [1.807, 2.05) is 18.3 Å². The molecular formula is C15H18ClN3O. The van der Waals surface area contributed by atoms with Crippen molar-refractivity contribution in [3.05, 3.63) is 35.3 Å². The zero-order valence-electron chi connectivity index (χ0n) is 12.1. The lowest BCUT2D eigenvalue weighted by Crippen LogP contribution is -2.18. The Hall–Kier alpha value is -1.81. The average molecular weight is 292 g/mol. The van der Waals surface area contributed by atoms with Crippen LogP contribution in [-0.2, 0) is 4.79 Å². The largest absolute Gasteiger partial charge is 0.345 e. The van der Waals surface area contributed by atoms with Gasteiger partial charge in [-0.05, 0) is 26.0 Å². The normalized spacial score (nSPS) is 11.7. The van der Waals surface area contributed by atoms with Crippen LogP contribution in [0.1, 0.15) is 25.5 Å². The molecule has 0 spiro atoms. The molecule has 1 amide bonds. The lowest BCUT2D eigenvalue weighted by molar-refractivity contribution is -0.123. The number of carbonyl (C=O) groups excluding carboxylic acids is 1. The maximum absolute atomic E-state index is 11.7. The number of likely N-dealkylation sites (N-methyl/N-ethyl adjacent to an activating group) is 1. The fraction of sp³-hybridized carbons (Fsp3) is 0.333. The molecule has 2 aromatic rings. The first-order valence-corrected chi connectivity index (χ1v) is 6.83. The first-order valence-electron chi connectivity index (χ1n) is 6.45. The smallest absolute Gasteiger partial charge is 0.246 e. The highest BCUT2D eigenvalue weighted by Crippen LogP contribution is 2.27. The highest BCUT2D eigenvalue weighted by molar-refractivity contribution is 6.30. The molecule has 0 saturated heterocycles. The van der Waals surface area contributed by atoms with Crippen molar-refractivity contribution in [2.75, 3.05) is 14.1 Å². The van der Waals surface area contributed by atoms with Crippen LogP contribution in [0.25, 0.3) is 17.0 Å². The monoisotopic (exact) mass is 291 g/mol. The standard InChI is InChI=1S/C15H18ClN3O/c1-10(2)19-9-11(5-6-15(20)18(3)4)12-7-14(16)17-8-13(12)19/h5-10H,1-4H3. The minimum atomic E-state index is -0.0457. The summed E-state index contributed by atoms with van der Waals surface area (Å²) in [5.41, 5.74) is 1.98. The summed E-state index contributed by atoms with van der Waals surface area (Å²) >= 11 is 5.97. The fourth-order valence-electron chi connectivity index (χ4n) is 2.02. The molecule has 2 rings (SSSR count). The molecule has 4 nitrogen and oxygen atoms in total. The molecule has 0 atom stereocenters. The van der Waals surface area contributed by atoms with Gasteiger partial charge in [0.1, 0.15) is 5.15 Å². The van der Waals surface area contributed by atoms with Gasteiger partial charge in [-0.15, -0.1) is 0 Å². The second-order valence-electron chi connectivity index (χ2n) is 5.18. The molecule has 2 heterocycles. The van der Waals surface area contributed by atoms with Crippen LogP contribution in [0.4, 0.5) is 0 Å². The fourth-order valence-corrected chi connectivity index (χ4v) is 2.18. The molecule has 106 valence electrons. The average Bonchev–Trinajstić information content (AvgIpc) is 2.74. The summed E-state index contributed by atoms with van der Waals surface area (Å²) < 4.78 is 2.12. The zero-order chi connectivity index (χ0) is 14.9. The summed E-state index contributed by atoms with van der Waals surface area (Å²) in [5.74, 6) is -0.0457. The summed E-state index contributed by atoms with van der Waals surface area (Å²) in [7, 11) is 3.45. The van der Waals surface area contributed by atoms with Crippen molar-refractivity contribution in [1.82, 2.24) is 14.5 Å². The minimum absolute atomic E-state index is 0.0457. The van der Waals surface area contributed by atoms with Gasteiger partial charge in [-0.2, -0.15) is 0 Å². The van der Waals surface area contributed by atoms with E-state index in [1.165, 1.54) is 4.90 Å². The summed E-state index contributed by atoms with van der Waals surface area (Å²) in [6.07, 6.45) is 7.17. The Morgan fingerprint density at radius 1 is 1.45 bits per heavy atom. The van der Waals surface area contributed by atoms with Crippen molar-refractivity contribution in [2.24, 2.45) is 0 Å². The summed E-state index contributed by atoms with van der Waals surface area (Å²) in [5, 5.41) is 1.45. The third-order valence-electron chi connectivity index (χ3n) is 3.12. The highest BCUT2D eigenvalue weighted by Gasteiger charge is 2.10. The van der Waals surface area contributed by atoms with Gasteiger partial charge < -0.3 is 9.47 Å². The van der Waals surface area contributed by atoms with Crippen molar-refractivity contribution in [3.63, 3.8) is 0 Å². The Morgan fingerprint density at radius 2 is 2.15 bits per heavy atom. The summed E-state index contributed by atoms with van der Waals surface area (Å²) in [6, 6.07) is 2.14. The number of halogens is 1. The SMILES string of the molecule is CC(C)n1cc(C=CC(=O)N(C)C)c2cc(Cl)ncc21. The molecule has 0 radical (unpaired) electrons. The minimum Gasteiger partial charge on any atom is -0.345 e. The van der Waals surface area contributed by atoms with Crippen molar-refractivity contribution < 1.29 is 4.79 Å². The first-order chi connectivity index (χ1) is 9.40. The van der Waals surface area contributed by atoms with Crippen LogP contribution in [-0.4, -0.2) is 34.5 Å². The molecule has 0 aromatic carbocycles. The molecule has 20 heavy (non-hydrogen) atoms. The van der Waals surface area contributed by atoms with Gasteiger partial charge in [0.2, 0.25) is 5.91 Å². The highest BCUT2D eigenvalue weighted by atomic mass is 35.5. The molecule has 0 unspecified atom stereocenters. The predicted molar refractivity (Wildman–Crippen MR) is 82.9 cm³/mol. The van der Waals surface area contributed by atoms with Crippen LogP contribution < -0.4 is 0 Å². The van der Waals surface area contributed by atoms with E-state index in [1.54, 1.807) is 26.4 Å². The Kier molecular flexibility index (Phi) is 4.14. The molecule has 0 aliphatic heterocycles. The van der Waals surface area contributed by atoms with E-state index in [2.05, 4.69) is 23.4 Å². The maximum atomic E-state index is 11.7. The number of carbonyl (C=O) groups is 1. The van der Waals surface area contributed by atoms with E-state index in [0.717, 1.165) is 16.5 Å². The van der Waals surface area contributed by atoms with Crippen LogP contribution >= 0.6 is 11.6 Å². The van der Waals surface area contributed by atoms with Gasteiger partial charge in [0.15, 0.2) is 0 Å². The molecule has 0 aliphatic carbocycles. The van der Waals surface area contributed by atoms with Crippen molar-refractivity contribution in [1.29, 1.82) is 0 Å². The van der Waals surface area contributed by atoms with E-state index in [9.17, 15) is 4.79 Å². The van der Waals surface area contributed by atoms with Gasteiger partial charge in [0, 0.05) is 43.4 Å². The molecular weight excluding hydrogens is 274 g/mol. The van der Waals surface area contributed by atoms with Crippen molar-refractivity contribution in [2.45, 2.75) is 19.9 Å². The topological polar surface area (TPSA) is 38.1 Å². The van der Waals surface area contributed by atoms with Crippen LogP contribution in [0.15, 0.2) is 24.5 Å². The Labute approximate surface area is 123 Å². The Balaban J connectivity index is 2.53. The number of hydrogen-bond donors (Lipinski definition) is 0. The van der Waals surface area contributed by atoms with Crippen LogP contribution in [0.3, 0.4) is 0 Å². The number of pyridine rings is 1. The number of rotatable bonds is 3. The molecule has 0 N–H and O–H groups in total. The van der Waals surface area contributed by atoms with Gasteiger partial charge in [0.05, 0.1) is 11.7 Å². The second kappa shape index (κ2) is 5.67. The van der Waals surface area contributed by atoms with Gasteiger partial charge in [-0.25, -0.2) is 4.98 Å². The van der Waals surface area contributed by atoms with Crippen molar-refractivity contribution >= 4 is 34.5 Å². The first kappa shape index (κ1) is 14.6. The summed E-state index contributed by atoms with van der Waals surface area (Å²) in [6.45, 7) is 4.21. The third kappa shape index (κ3) is 2.85. The molecule has 0 bridgehead atoms. The van der Waals surface area contributed by atoms with Gasteiger partial charge in [-0.3, -0.25) is 4.79 Å². The zero-order valence-corrected chi connectivity index (χ0v) is 12.8. The Bertz CT molecular complexity index is 671. The van der Waals surface area contributed by atoms with E-state index >= 15 is 0 Å². The van der Waals surface area contributed by atoms with E-state index < -0.39 is 0 Å². The molecule has 0 aliphatic rings. The van der Waals surface area contributed by atoms with E-state index in [-0.39, 0.29) is 5.91 Å². The molecule has 5 heteroatoms. The lowest BCUT2D eigenvalue weighted by atomic mass is 10.2. The number of nitrogens with zero attached hydrogens (tertiary/aromatic N) is 3. The van der Waals surface area contributed by atoms with Gasteiger partial charge in [-0.1, -0.05) is 11.6 Å². The Morgan fingerprint density at radius 3 is 2.75 bits per heavy atom. The van der Waals surface area contributed by atoms with Crippen LogP contribution in [0.5, 0.6) is 0 Å². The number of amides is 1. The van der Waals surface area contributed by atoms with Crippen LogP contribution in [0, 0.1) is 0 Å². The predicted octanol–water partition coefficient (Wildman–Crippen LogP) is 3.37. The number of fused-ring (bicyclic) bond motifs is 1. The number of aromatic nitrogens is 2. The molecule has 0 saturated carbocycles. The van der Waals surface area contributed by atoms with Gasteiger partial charge in [0.25, 0.3) is 0 Å².